The molecule has 0 aliphatic heterocycles. The zero-order valence-electron chi connectivity index (χ0n) is 15.3. The Labute approximate surface area is 154 Å². The number of hydrogen-bond donors (Lipinski definition) is 1. The molecule has 1 atom stereocenters. The average Bonchev–Trinajstić information content (AvgIpc) is 2.56. The highest BCUT2D eigenvalue weighted by Gasteiger charge is 2.13. The van der Waals surface area contributed by atoms with E-state index in [9.17, 15) is 0 Å². The van der Waals surface area contributed by atoms with Crippen LogP contribution in [0.4, 0.5) is 0 Å². The van der Waals surface area contributed by atoms with Crippen molar-refractivity contribution in [3.05, 3.63) is 47.0 Å². The van der Waals surface area contributed by atoms with E-state index in [1.54, 1.807) is 18.6 Å². The van der Waals surface area contributed by atoms with Crippen LogP contribution in [0.3, 0.4) is 0 Å². The first-order valence-corrected chi connectivity index (χ1v) is 8.97. The SMILES string of the molecule is CCOc1cc(CN[C@@H](C)Cc2cnccn2)c(Cl)cc1OC(C)C. The molecule has 2 aromatic rings. The number of benzene rings is 1. The summed E-state index contributed by atoms with van der Waals surface area (Å²) in [6, 6.07) is 4.03. The van der Waals surface area contributed by atoms with Crippen LogP contribution in [0.5, 0.6) is 11.5 Å². The van der Waals surface area contributed by atoms with E-state index in [0.29, 0.717) is 23.9 Å². The number of hydrogen-bond acceptors (Lipinski definition) is 5. The minimum Gasteiger partial charge on any atom is -0.490 e. The molecule has 1 heterocycles. The normalized spacial score (nSPS) is 12.2. The molecule has 5 nitrogen and oxygen atoms in total. The monoisotopic (exact) mass is 363 g/mol. The second-order valence-corrected chi connectivity index (χ2v) is 6.58. The lowest BCUT2D eigenvalue weighted by Gasteiger charge is -2.18. The Balaban J connectivity index is 2.04. The number of halogens is 1. The van der Waals surface area contributed by atoms with Crippen LogP contribution >= 0.6 is 11.6 Å². The van der Waals surface area contributed by atoms with Crippen molar-refractivity contribution < 1.29 is 9.47 Å². The highest BCUT2D eigenvalue weighted by molar-refractivity contribution is 6.31. The minimum atomic E-state index is 0.0613. The van der Waals surface area contributed by atoms with Crippen molar-refractivity contribution in [1.82, 2.24) is 15.3 Å². The highest BCUT2D eigenvalue weighted by atomic mass is 35.5. The van der Waals surface area contributed by atoms with Gasteiger partial charge in [-0.25, -0.2) is 0 Å². The summed E-state index contributed by atoms with van der Waals surface area (Å²) in [6.07, 6.45) is 6.04. The topological polar surface area (TPSA) is 56.3 Å². The Morgan fingerprint density at radius 3 is 2.60 bits per heavy atom. The van der Waals surface area contributed by atoms with Crippen LogP contribution in [-0.2, 0) is 13.0 Å². The molecule has 0 amide bonds. The van der Waals surface area contributed by atoms with Gasteiger partial charge in [-0.2, -0.15) is 0 Å². The lowest BCUT2D eigenvalue weighted by Crippen LogP contribution is -2.28. The van der Waals surface area contributed by atoms with Crippen LogP contribution in [0.1, 0.15) is 39.0 Å². The Hall–Kier alpha value is -1.85. The maximum Gasteiger partial charge on any atom is 0.163 e. The van der Waals surface area contributed by atoms with E-state index in [0.717, 1.165) is 23.4 Å². The van der Waals surface area contributed by atoms with Crippen LogP contribution in [0.2, 0.25) is 5.02 Å². The molecule has 25 heavy (non-hydrogen) atoms. The maximum atomic E-state index is 6.43. The molecule has 6 heteroatoms. The van der Waals surface area contributed by atoms with Crippen LogP contribution in [0.25, 0.3) is 0 Å². The zero-order chi connectivity index (χ0) is 18.2. The van der Waals surface area contributed by atoms with Crippen molar-refractivity contribution in [3.63, 3.8) is 0 Å². The third kappa shape index (κ3) is 6.18. The van der Waals surface area contributed by atoms with Gasteiger partial charge in [-0.3, -0.25) is 9.97 Å². The van der Waals surface area contributed by atoms with E-state index >= 15 is 0 Å². The standard InChI is InChI=1S/C19H26ClN3O2/c1-5-24-18-9-15(17(20)10-19(18)25-13(2)3)11-23-14(4)8-16-12-21-6-7-22-16/h6-7,9-10,12-14,23H,5,8,11H2,1-4H3/t14-/m0/s1. The molecular weight excluding hydrogens is 338 g/mol. The fourth-order valence-corrected chi connectivity index (χ4v) is 2.65. The molecule has 136 valence electrons. The summed E-state index contributed by atoms with van der Waals surface area (Å²) < 4.78 is 11.5. The van der Waals surface area contributed by atoms with Gasteiger partial charge in [-0.05, 0) is 39.3 Å². The van der Waals surface area contributed by atoms with Crippen LogP contribution in [0.15, 0.2) is 30.7 Å². The Bertz CT molecular complexity index is 665. The fourth-order valence-electron chi connectivity index (χ4n) is 2.43. The number of nitrogens with one attached hydrogen (secondary N) is 1. The van der Waals surface area contributed by atoms with Gasteiger partial charge in [-0.15, -0.1) is 0 Å². The van der Waals surface area contributed by atoms with Crippen molar-refractivity contribution in [1.29, 1.82) is 0 Å². The van der Waals surface area contributed by atoms with E-state index in [1.165, 1.54) is 0 Å². The highest BCUT2D eigenvalue weighted by Crippen LogP contribution is 2.34. The molecule has 1 aromatic carbocycles. The van der Waals surface area contributed by atoms with Gasteiger partial charge in [0.25, 0.3) is 0 Å². The van der Waals surface area contributed by atoms with Gasteiger partial charge in [0.1, 0.15) is 0 Å². The van der Waals surface area contributed by atoms with E-state index in [2.05, 4.69) is 22.2 Å². The van der Waals surface area contributed by atoms with Gasteiger partial charge in [0.05, 0.1) is 18.4 Å². The number of ether oxygens (including phenoxy) is 2. The molecule has 0 aliphatic rings. The lowest BCUT2D eigenvalue weighted by molar-refractivity contribution is 0.223. The van der Waals surface area contributed by atoms with Crippen molar-refractivity contribution in [2.24, 2.45) is 0 Å². The largest absolute Gasteiger partial charge is 0.490 e. The summed E-state index contributed by atoms with van der Waals surface area (Å²) in [5, 5.41) is 4.13. The smallest absolute Gasteiger partial charge is 0.163 e. The van der Waals surface area contributed by atoms with E-state index in [4.69, 9.17) is 21.1 Å². The number of nitrogens with zero attached hydrogens (tertiary/aromatic N) is 2. The quantitative estimate of drug-likeness (QED) is 0.728. The summed E-state index contributed by atoms with van der Waals surface area (Å²) in [7, 11) is 0. The first-order valence-electron chi connectivity index (χ1n) is 8.59. The van der Waals surface area contributed by atoms with Crippen molar-refractivity contribution in [2.75, 3.05) is 6.61 Å². The molecule has 0 saturated heterocycles. The minimum absolute atomic E-state index is 0.0613. The van der Waals surface area contributed by atoms with Gasteiger partial charge < -0.3 is 14.8 Å². The summed E-state index contributed by atoms with van der Waals surface area (Å²) in [5.74, 6) is 1.40. The summed E-state index contributed by atoms with van der Waals surface area (Å²) in [5.41, 5.74) is 1.94. The molecule has 0 fully saturated rings. The number of aromatic nitrogens is 2. The van der Waals surface area contributed by atoms with Crippen LogP contribution in [0, 0.1) is 0 Å². The number of rotatable bonds is 9. The predicted octanol–water partition coefficient (Wildman–Crippen LogP) is 4.04. The molecule has 0 aliphatic carbocycles. The Morgan fingerprint density at radius 1 is 1.16 bits per heavy atom. The lowest BCUT2D eigenvalue weighted by atomic mass is 10.1. The van der Waals surface area contributed by atoms with Gasteiger partial charge in [0.15, 0.2) is 11.5 Å². The van der Waals surface area contributed by atoms with Crippen LogP contribution in [-0.4, -0.2) is 28.7 Å². The van der Waals surface area contributed by atoms with E-state index < -0.39 is 0 Å². The third-order valence-corrected chi connectivity index (χ3v) is 3.90. The second-order valence-electron chi connectivity index (χ2n) is 6.17. The van der Waals surface area contributed by atoms with E-state index in [1.807, 2.05) is 32.9 Å². The first-order chi connectivity index (χ1) is 12.0. The molecule has 0 spiro atoms. The molecule has 1 aromatic heterocycles. The third-order valence-electron chi connectivity index (χ3n) is 3.55. The fraction of sp³-hybridized carbons (Fsp3) is 0.474. The van der Waals surface area contributed by atoms with Gasteiger partial charge in [0, 0.05) is 48.7 Å². The Kier molecular flexibility index (Phi) is 7.47. The summed E-state index contributed by atoms with van der Waals surface area (Å²) in [4.78, 5) is 8.40. The molecule has 0 saturated carbocycles. The maximum absolute atomic E-state index is 6.43. The van der Waals surface area contributed by atoms with E-state index in [-0.39, 0.29) is 12.1 Å². The Morgan fingerprint density at radius 2 is 1.96 bits per heavy atom. The first kappa shape index (κ1) is 19.5. The average molecular weight is 364 g/mol. The molecule has 1 N–H and O–H groups in total. The molecule has 0 radical (unpaired) electrons. The van der Waals surface area contributed by atoms with Crippen LogP contribution < -0.4 is 14.8 Å². The molecule has 0 unspecified atom stereocenters. The van der Waals surface area contributed by atoms with Gasteiger partial charge >= 0.3 is 0 Å². The second kappa shape index (κ2) is 9.59. The molecular formula is C19H26ClN3O2. The summed E-state index contributed by atoms with van der Waals surface area (Å²) >= 11 is 6.43. The zero-order valence-corrected chi connectivity index (χ0v) is 16.0. The van der Waals surface area contributed by atoms with Gasteiger partial charge in [0.2, 0.25) is 0 Å². The molecule has 2 rings (SSSR count). The predicted molar refractivity (Wildman–Crippen MR) is 100 cm³/mol. The van der Waals surface area contributed by atoms with Crippen molar-refractivity contribution in [3.8, 4) is 11.5 Å². The molecule has 0 bridgehead atoms. The van der Waals surface area contributed by atoms with Crippen molar-refractivity contribution >= 4 is 11.6 Å². The van der Waals surface area contributed by atoms with Gasteiger partial charge in [-0.1, -0.05) is 11.6 Å². The summed E-state index contributed by atoms with van der Waals surface area (Å²) in [6.45, 7) is 9.24. The van der Waals surface area contributed by atoms with Crippen molar-refractivity contribution in [2.45, 2.75) is 52.8 Å².